The topological polar surface area (TPSA) is 96.4 Å². The first-order chi connectivity index (χ1) is 7.48. The van der Waals surface area contributed by atoms with Crippen molar-refractivity contribution < 1.29 is 15.0 Å². The molecule has 1 aromatic heterocycles. The molecule has 4 N–H and O–H groups in total. The molecule has 1 aliphatic rings. The molecule has 1 aliphatic carbocycles. The van der Waals surface area contributed by atoms with Crippen LogP contribution in [0.5, 0.6) is 0 Å². The first-order valence-electron chi connectivity index (χ1n) is 5.14. The Labute approximate surface area is 92.9 Å². The van der Waals surface area contributed by atoms with Gasteiger partial charge in [-0.3, -0.25) is 4.79 Å². The van der Waals surface area contributed by atoms with E-state index in [-0.39, 0.29) is 0 Å². The summed E-state index contributed by atoms with van der Waals surface area (Å²) in [5, 5.41) is 18.8. The van der Waals surface area contributed by atoms with E-state index >= 15 is 0 Å². The Morgan fingerprint density at radius 3 is 2.88 bits per heavy atom. The highest BCUT2D eigenvalue weighted by molar-refractivity contribution is 5.71. The van der Waals surface area contributed by atoms with Gasteiger partial charge >= 0.3 is 5.97 Å². The van der Waals surface area contributed by atoms with Gasteiger partial charge in [0, 0.05) is 12.6 Å². The van der Waals surface area contributed by atoms with E-state index in [1.807, 2.05) is 0 Å². The molecule has 1 fully saturated rings. The van der Waals surface area contributed by atoms with Crippen LogP contribution in [0.25, 0.3) is 0 Å². The normalized spacial score (nSPS) is 28.4. The van der Waals surface area contributed by atoms with Gasteiger partial charge in [-0.1, -0.05) is 0 Å². The van der Waals surface area contributed by atoms with Gasteiger partial charge in [-0.2, -0.15) is 0 Å². The monoisotopic (exact) mass is 222 g/mol. The highest BCUT2D eigenvalue weighted by Crippen LogP contribution is 2.40. The minimum Gasteiger partial charge on any atom is -0.481 e. The van der Waals surface area contributed by atoms with E-state index in [0.29, 0.717) is 25.1 Å². The minimum atomic E-state index is -0.892. The number of aliphatic hydroxyl groups is 1. The number of nitrogen functional groups attached to an aromatic ring is 1. The van der Waals surface area contributed by atoms with E-state index in [2.05, 4.69) is 4.98 Å². The van der Waals surface area contributed by atoms with Crippen LogP contribution in [0.15, 0.2) is 18.3 Å². The second kappa shape index (κ2) is 3.75. The van der Waals surface area contributed by atoms with E-state index in [0.717, 1.165) is 5.56 Å². The number of pyridine rings is 1. The lowest BCUT2D eigenvalue weighted by Gasteiger charge is -2.41. The largest absolute Gasteiger partial charge is 0.481 e. The standard InChI is InChI=1S/C11H14N2O3/c12-9-3-7(1-2-13-9)4-11(16)5-8(6-11)10(14)15/h1-3,8,16H,4-6H2,(H2,12,13)(H,14,15). The van der Waals surface area contributed by atoms with Crippen LogP contribution in [0, 0.1) is 5.92 Å². The van der Waals surface area contributed by atoms with Crippen molar-refractivity contribution in [3.63, 3.8) is 0 Å². The molecule has 1 aromatic rings. The van der Waals surface area contributed by atoms with E-state index in [4.69, 9.17) is 10.8 Å². The molecule has 0 bridgehead atoms. The Bertz CT molecular complexity index is 413. The summed E-state index contributed by atoms with van der Waals surface area (Å²) in [5.41, 5.74) is 5.52. The molecule has 1 heterocycles. The number of nitrogens with zero attached hydrogens (tertiary/aromatic N) is 1. The first-order valence-corrected chi connectivity index (χ1v) is 5.14. The Balaban J connectivity index is 1.99. The zero-order valence-electron chi connectivity index (χ0n) is 8.76. The molecule has 16 heavy (non-hydrogen) atoms. The fraction of sp³-hybridized carbons (Fsp3) is 0.455. The summed E-state index contributed by atoms with van der Waals surface area (Å²) >= 11 is 0. The van der Waals surface area contributed by atoms with Crippen LogP contribution in [-0.4, -0.2) is 26.8 Å². The second-order valence-electron chi connectivity index (χ2n) is 4.43. The van der Waals surface area contributed by atoms with Gasteiger partial charge in [0.15, 0.2) is 0 Å². The van der Waals surface area contributed by atoms with Gasteiger partial charge in [-0.05, 0) is 30.5 Å². The summed E-state index contributed by atoms with van der Waals surface area (Å²) in [5.74, 6) is -0.835. The Hall–Kier alpha value is -1.62. The number of anilines is 1. The molecular weight excluding hydrogens is 208 g/mol. The average molecular weight is 222 g/mol. The summed E-state index contributed by atoms with van der Waals surface area (Å²) < 4.78 is 0. The van der Waals surface area contributed by atoms with Crippen molar-refractivity contribution in [1.29, 1.82) is 0 Å². The fourth-order valence-corrected chi connectivity index (χ4v) is 2.16. The number of carboxylic acids is 1. The molecule has 0 radical (unpaired) electrons. The summed E-state index contributed by atoms with van der Waals surface area (Å²) in [6.45, 7) is 0. The SMILES string of the molecule is Nc1cc(CC2(O)CC(C(=O)O)C2)ccn1. The molecule has 0 amide bonds. The van der Waals surface area contributed by atoms with Crippen molar-refractivity contribution in [3.05, 3.63) is 23.9 Å². The first kappa shape index (κ1) is 10.9. The zero-order valence-corrected chi connectivity index (χ0v) is 8.76. The van der Waals surface area contributed by atoms with E-state index in [9.17, 15) is 9.90 Å². The Kier molecular flexibility index (Phi) is 2.55. The molecule has 5 nitrogen and oxygen atoms in total. The predicted molar refractivity (Wildman–Crippen MR) is 57.7 cm³/mol. The molecular formula is C11H14N2O3. The maximum absolute atomic E-state index is 10.6. The van der Waals surface area contributed by atoms with Crippen LogP contribution in [0.3, 0.4) is 0 Å². The van der Waals surface area contributed by atoms with Gasteiger partial charge < -0.3 is 15.9 Å². The van der Waals surface area contributed by atoms with Crippen molar-refractivity contribution in [2.45, 2.75) is 24.9 Å². The van der Waals surface area contributed by atoms with Crippen LogP contribution >= 0.6 is 0 Å². The highest BCUT2D eigenvalue weighted by atomic mass is 16.4. The fourth-order valence-electron chi connectivity index (χ4n) is 2.16. The van der Waals surface area contributed by atoms with Crippen molar-refractivity contribution in [3.8, 4) is 0 Å². The molecule has 1 saturated carbocycles. The number of nitrogens with two attached hydrogens (primary N) is 1. The van der Waals surface area contributed by atoms with Gasteiger partial charge in [0.25, 0.3) is 0 Å². The van der Waals surface area contributed by atoms with Gasteiger partial charge in [0.2, 0.25) is 0 Å². The molecule has 0 atom stereocenters. The summed E-state index contributed by atoms with van der Waals surface area (Å²) in [6, 6.07) is 3.48. The number of carboxylic acid groups (broad SMARTS) is 1. The molecule has 86 valence electrons. The smallest absolute Gasteiger partial charge is 0.306 e. The molecule has 0 unspecified atom stereocenters. The third kappa shape index (κ3) is 2.14. The summed E-state index contributed by atoms with van der Waals surface area (Å²) in [4.78, 5) is 14.5. The molecule has 0 spiro atoms. The number of hydrogen-bond acceptors (Lipinski definition) is 4. The van der Waals surface area contributed by atoms with Crippen molar-refractivity contribution in [1.82, 2.24) is 4.98 Å². The minimum absolute atomic E-state index is 0.310. The van der Waals surface area contributed by atoms with Crippen LogP contribution < -0.4 is 5.73 Å². The zero-order chi connectivity index (χ0) is 11.8. The second-order valence-corrected chi connectivity index (χ2v) is 4.43. The maximum Gasteiger partial charge on any atom is 0.306 e. The Morgan fingerprint density at radius 1 is 1.62 bits per heavy atom. The molecule has 2 rings (SSSR count). The maximum atomic E-state index is 10.6. The lowest BCUT2D eigenvalue weighted by Crippen LogP contribution is -2.48. The van der Waals surface area contributed by atoms with Crippen LogP contribution in [0.1, 0.15) is 18.4 Å². The quantitative estimate of drug-likeness (QED) is 0.689. The third-order valence-corrected chi connectivity index (χ3v) is 2.98. The number of aliphatic carboxylic acids is 1. The average Bonchev–Trinajstić information content (AvgIpc) is 2.13. The number of aromatic nitrogens is 1. The van der Waals surface area contributed by atoms with E-state index in [1.54, 1.807) is 18.3 Å². The summed E-state index contributed by atoms with van der Waals surface area (Å²) in [7, 11) is 0. The number of carbonyl (C=O) groups is 1. The number of rotatable bonds is 3. The Morgan fingerprint density at radius 2 is 2.31 bits per heavy atom. The molecule has 5 heteroatoms. The van der Waals surface area contributed by atoms with Crippen LogP contribution in [-0.2, 0) is 11.2 Å². The van der Waals surface area contributed by atoms with Crippen molar-refractivity contribution in [2.24, 2.45) is 5.92 Å². The van der Waals surface area contributed by atoms with Gasteiger partial charge in [0.05, 0.1) is 11.5 Å². The lowest BCUT2D eigenvalue weighted by molar-refractivity contribution is -0.158. The molecule has 0 aliphatic heterocycles. The van der Waals surface area contributed by atoms with Gasteiger partial charge in [-0.15, -0.1) is 0 Å². The summed E-state index contributed by atoms with van der Waals surface area (Å²) in [6.07, 6.45) is 2.64. The van der Waals surface area contributed by atoms with E-state index in [1.165, 1.54) is 0 Å². The van der Waals surface area contributed by atoms with Crippen molar-refractivity contribution in [2.75, 3.05) is 5.73 Å². The highest BCUT2D eigenvalue weighted by Gasteiger charge is 2.46. The van der Waals surface area contributed by atoms with Crippen molar-refractivity contribution >= 4 is 11.8 Å². The predicted octanol–water partition coefficient (Wildman–Crippen LogP) is 0.432. The van der Waals surface area contributed by atoms with E-state index < -0.39 is 17.5 Å². The molecule has 0 aromatic carbocycles. The van der Waals surface area contributed by atoms with Gasteiger partial charge in [0.1, 0.15) is 5.82 Å². The molecule has 0 saturated heterocycles. The van der Waals surface area contributed by atoms with Crippen LogP contribution in [0.2, 0.25) is 0 Å². The third-order valence-electron chi connectivity index (χ3n) is 2.98. The van der Waals surface area contributed by atoms with Crippen LogP contribution in [0.4, 0.5) is 5.82 Å². The number of hydrogen-bond donors (Lipinski definition) is 3. The lowest BCUT2D eigenvalue weighted by atomic mass is 9.68. The van der Waals surface area contributed by atoms with Gasteiger partial charge in [-0.25, -0.2) is 4.98 Å².